The maximum absolute atomic E-state index is 12.5. The molecule has 0 heterocycles. The summed E-state index contributed by atoms with van der Waals surface area (Å²) in [6.07, 6.45) is 2.03. The van der Waals surface area contributed by atoms with Crippen LogP contribution in [-0.2, 0) is 14.3 Å². The summed E-state index contributed by atoms with van der Waals surface area (Å²) in [5.74, 6) is -1.35. The Bertz CT molecular complexity index is 1000. The highest BCUT2D eigenvalue weighted by Gasteiger charge is 2.49. The molecule has 4 rings (SSSR count). The molecule has 7 nitrogen and oxygen atoms in total. The third-order valence-corrected chi connectivity index (χ3v) is 6.77. The smallest absolute Gasteiger partial charge is 0.407 e. The van der Waals surface area contributed by atoms with Crippen LogP contribution in [0, 0.1) is 11.3 Å². The molecule has 2 amide bonds. The second-order valence-electron chi connectivity index (χ2n) is 9.10. The number of ether oxygens (including phenoxy) is 1. The van der Waals surface area contributed by atoms with E-state index < -0.39 is 23.4 Å². The summed E-state index contributed by atoms with van der Waals surface area (Å²) in [5, 5.41) is 14.6. The lowest BCUT2D eigenvalue weighted by Gasteiger charge is -2.18. The first kappa shape index (κ1) is 22.8. The summed E-state index contributed by atoms with van der Waals surface area (Å²) < 4.78 is 5.55. The van der Waals surface area contributed by atoms with E-state index in [9.17, 15) is 14.4 Å². The molecule has 33 heavy (non-hydrogen) atoms. The van der Waals surface area contributed by atoms with Gasteiger partial charge in [0.1, 0.15) is 6.61 Å². The summed E-state index contributed by atoms with van der Waals surface area (Å²) in [5.41, 5.74) is 4.08. The van der Waals surface area contributed by atoms with Crippen molar-refractivity contribution in [3.05, 3.63) is 59.7 Å². The van der Waals surface area contributed by atoms with Crippen LogP contribution in [-0.4, -0.2) is 42.8 Å². The van der Waals surface area contributed by atoms with E-state index in [1.54, 1.807) is 6.92 Å². The number of hydrogen-bond donors (Lipinski definition) is 3. The molecule has 0 aliphatic heterocycles. The van der Waals surface area contributed by atoms with Gasteiger partial charge in [-0.1, -0.05) is 55.5 Å². The summed E-state index contributed by atoms with van der Waals surface area (Å²) in [4.78, 5) is 35.8. The highest BCUT2D eigenvalue weighted by molar-refractivity contribution is 5.86. The number of alkyl carbamates (subject to hydrolysis) is 1. The SMILES string of the molecule is CC(CCCNC(=O)C1(CNC(=O)OCC2c3ccccc3-c3ccccc32)CC1)C(=O)O. The number of benzene rings is 2. The number of fused-ring (bicyclic) bond motifs is 3. The van der Waals surface area contributed by atoms with E-state index in [-0.39, 0.29) is 25.0 Å². The van der Waals surface area contributed by atoms with Crippen molar-refractivity contribution < 1.29 is 24.2 Å². The Kier molecular flexibility index (Phi) is 6.67. The van der Waals surface area contributed by atoms with Crippen molar-refractivity contribution in [1.82, 2.24) is 10.6 Å². The van der Waals surface area contributed by atoms with Crippen LogP contribution in [0.3, 0.4) is 0 Å². The monoisotopic (exact) mass is 450 g/mol. The van der Waals surface area contributed by atoms with E-state index in [1.165, 1.54) is 11.1 Å². The second kappa shape index (κ2) is 9.65. The Morgan fingerprint density at radius 2 is 1.64 bits per heavy atom. The van der Waals surface area contributed by atoms with Crippen molar-refractivity contribution in [1.29, 1.82) is 0 Å². The molecular formula is C26H30N2O5. The average molecular weight is 451 g/mol. The van der Waals surface area contributed by atoms with E-state index in [0.717, 1.165) is 11.1 Å². The molecule has 0 spiro atoms. The number of carboxylic acid groups (broad SMARTS) is 1. The number of nitrogens with one attached hydrogen (secondary N) is 2. The average Bonchev–Trinajstić information content (AvgIpc) is 3.55. The topological polar surface area (TPSA) is 105 Å². The summed E-state index contributed by atoms with van der Waals surface area (Å²) in [7, 11) is 0. The molecular weight excluding hydrogens is 420 g/mol. The molecule has 2 aliphatic carbocycles. The van der Waals surface area contributed by atoms with Gasteiger partial charge in [-0.3, -0.25) is 9.59 Å². The van der Waals surface area contributed by atoms with E-state index in [4.69, 9.17) is 9.84 Å². The molecule has 2 aromatic carbocycles. The minimum atomic E-state index is -0.827. The zero-order valence-corrected chi connectivity index (χ0v) is 18.8. The molecule has 1 saturated carbocycles. The number of amides is 2. The minimum Gasteiger partial charge on any atom is -0.481 e. The van der Waals surface area contributed by atoms with Crippen LogP contribution in [0.4, 0.5) is 4.79 Å². The number of aliphatic carboxylic acids is 1. The predicted octanol–water partition coefficient (Wildman–Crippen LogP) is 3.92. The van der Waals surface area contributed by atoms with Crippen molar-refractivity contribution >= 4 is 18.0 Å². The van der Waals surface area contributed by atoms with Crippen LogP contribution < -0.4 is 10.6 Å². The van der Waals surface area contributed by atoms with Gasteiger partial charge < -0.3 is 20.5 Å². The quantitative estimate of drug-likeness (QED) is 0.476. The van der Waals surface area contributed by atoms with Gasteiger partial charge in [0.2, 0.25) is 5.91 Å². The molecule has 7 heteroatoms. The van der Waals surface area contributed by atoms with E-state index in [2.05, 4.69) is 34.9 Å². The highest BCUT2D eigenvalue weighted by atomic mass is 16.5. The Morgan fingerprint density at radius 3 is 2.21 bits per heavy atom. The minimum absolute atomic E-state index is 0.00507. The Labute approximate surface area is 193 Å². The van der Waals surface area contributed by atoms with Crippen LogP contribution >= 0.6 is 0 Å². The zero-order valence-electron chi connectivity index (χ0n) is 18.8. The van der Waals surface area contributed by atoms with Crippen LogP contribution in [0.25, 0.3) is 11.1 Å². The van der Waals surface area contributed by atoms with Gasteiger partial charge >= 0.3 is 12.1 Å². The lowest BCUT2D eigenvalue weighted by Crippen LogP contribution is -2.41. The van der Waals surface area contributed by atoms with Crippen LogP contribution in [0.15, 0.2) is 48.5 Å². The standard InChI is InChI=1S/C26H30N2O5/c1-17(23(29)30)7-6-14-27-24(31)26(12-13-26)16-28-25(32)33-15-22-20-10-4-2-8-18(20)19-9-3-5-11-21(19)22/h2-5,8-11,17,22H,6-7,12-16H2,1H3,(H,27,31)(H,28,32)(H,29,30). The first-order chi connectivity index (χ1) is 15.9. The zero-order chi connectivity index (χ0) is 23.4. The maximum atomic E-state index is 12.5. The third kappa shape index (κ3) is 5.02. The first-order valence-corrected chi connectivity index (χ1v) is 11.5. The predicted molar refractivity (Wildman–Crippen MR) is 124 cm³/mol. The van der Waals surface area contributed by atoms with Gasteiger partial charge in [0.05, 0.1) is 11.3 Å². The molecule has 0 aromatic heterocycles. The number of hydrogen-bond acceptors (Lipinski definition) is 4. The number of carboxylic acids is 1. The van der Waals surface area contributed by atoms with Gasteiger partial charge in [0.15, 0.2) is 0 Å². The van der Waals surface area contributed by atoms with Gasteiger partial charge in [0.25, 0.3) is 0 Å². The van der Waals surface area contributed by atoms with E-state index in [0.29, 0.717) is 32.2 Å². The molecule has 1 fully saturated rings. The Morgan fingerprint density at radius 1 is 1.03 bits per heavy atom. The largest absolute Gasteiger partial charge is 0.481 e. The molecule has 3 N–H and O–H groups in total. The molecule has 174 valence electrons. The van der Waals surface area contributed by atoms with Crippen molar-refractivity contribution in [3.8, 4) is 11.1 Å². The molecule has 0 radical (unpaired) electrons. The van der Waals surface area contributed by atoms with E-state index >= 15 is 0 Å². The van der Waals surface area contributed by atoms with Crippen LogP contribution in [0.1, 0.15) is 49.7 Å². The molecule has 0 bridgehead atoms. The normalized spacial score (nSPS) is 16.3. The molecule has 0 saturated heterocycles. The van der Waals surface area contributed by atoms with Crippen LogP contribution in [0.2, 0.25) is 0 Å². The molecule has 1 atom stereocenters. The summed E-state index contributed by atoms with van der Waals surface area (Å²) in [6.45, 7) is 2.57. The fourth-order valence-corrected chi connectivity index (χ4v) is 4.45. The van der Waals surface area contributed by atoms with Crippen molar-refractivity contribution in [3.63, 3.8) is 0 Å². The fourth-order valence-electron chi connectivity index (χ4n) is 4.45. The van der Waals surface area contributed by atoms with Crippen LogP contribution in [0.5, 0.6) is 0 Å². The molecule has 2 aliphatic rings. The molecule has 2 aromatic rings. The summed E-state index contributed by atoms with van der Waals surface area (Å²) in [6, 6.07) is 16.3. The van der Waals surface area contributed by atoms with Gasteiger partial charge in [-0.15, -0.1) is 0 Å². The number of rotatable bonds is 10. The Hall–Kier alpha value is -3.35. The van der Waals surface area contributed by atoms with Crippen molar-refractivity contribution in [2.75, 3.05) is 19.7 Å². The lowest BCUT2D eigenvalue weighted by molar-refractivity contribution is -0.141. The van der Waals surface area contributed by atoms with Crippen molar-refractivity contribution in [2.45, 2.75) is 38.5 Å². The van der Waals surface area contributed by atoms with Gasteiger partial charge in [-0.25, -0.2) is 4.79 Å². The second-order valence-corrected chi connectivity index (χ2v) is 9.10. The number of carbonyl (C=O) groups is 3. The van der Waals surface area contributed by atoms with Gasteiger partial charge in [-0.2, -0.15) is 0 Å². The lowest BCUT2D eigenvalue weighted by atomic mass is 9.98. The first-order valence-electron chi connectivity index (χ1n) is 11.5. The van der Waals surface area contributed by atoms with Gasteiger partial charge in [-0.05, 0) is 47.9 Å². The molecule has 1 unspecified atom stereocenters. The van der Waals surface area contributed by atoms with Gasteiger partial charge in [0, 0.05) is 19.0 Å². The highest BCUT2D eigenvalue weighted by Crippen LogP contribution is 2.46. The maximum Gasteiger partial charge on any atom is 0.407 e. The fraction of sp³-hybridized carbons (Fsp3) is 0.423. The third-order valence-electron chi connectivity index (χ3n) is 6.77. The summed E-state index contributed by atoms with van der Waals surface area (Å²) >= 11 is 0. The number of carbonyl (C=O) groups excluding carboxylic acids is 2. The van der Waals surface area contributed by atoms with E-state index in [1.807, 2.05) is 24.3 Å². The Balaban J connectivity index is 1.24. The van der Waals surface area contributed by atoms with Crippen molar-refractivity contribution in [2.24, 2.45) is 11.3 Å².